The highest BCUT2D eigenvalue weighted by Gasteiger charge is 2.13. The second-order valence-electron chi connectivity index (χ2n) is 3.87. The first-order chi connectivity index (χ1) is 7.33. The van der Waals surface area contributed by atoms with Crippen LogP contribution >= 0.6 is 0 Å². The van der Waals surface area contributed by atoms with Gasteiger partial charge in [0, 0.05) is 31.5 Å². The number of aryl methyl sites for hydroxylation is 1. The number of rotatable bonds is 1. The van der Waals surface area contributed by atoms with Crippen molar-refractivity contribution in [3.05, 3.63) is 29.9 Å². The van der Waals surface area contributed by atoms with Gasteiger partial charge >= 0.3 is 0 Å². The number of hydrogen-bond acceptors (Lipinski definition) is 3. The zero-order chi connectivity index (χ0) is 10.3. The highest BCUT2D eigenvalue weighted by molar-refractivity contribution is 5.53. The molecular formula is C11H13N3O. The van der Waals surface area contributed by atoms with Crippen molar-refractivity contribution in [2.45, 2.75) is 20.0 Å². The molecule has 0 spiro atoms. The minimum absolute atomic E-state index is 0.717. The minimum atomic E-state index is 0.717. The highest BCUT2D eigenvalue weighted by atomic mass is 16.4. The van der Waals surface area contributed by atoms with E-state index < -0.39 is 0 Å². The molecule has 0 radical (unpaired) electrons. The van der Waals surface area contributed by atoms with Gasteiger partial charge in [-0.1, -0.05) is 0 Å². The second-order valence-corrected chi connectivity index (χ2v) is 3.87. The lowest BCUT2D eigenvalue weighted by Gasteiger charge is -2.15. The quantitative estimate of drug-likeness (QED) is 0.764. The number of aromatic nitrogens is 2. The van der Waals surface area contributed by atoms with E-state index in [-0.39, 0.29) is 0 Å². The van der Waals surface area contributed by atoms with Crippen molar-refractivity contribution in [1.29, 1.82) is 0 Å². The van der Waals surface area contributed by atoms with Crippen LogP contribution in [0.3, 0.4) is 0 Å². The Labute approximate surface area is 87.9 Å². The molecule has 1 aliphatic heterocycles. The van der Waals surface area contributed by atoms with Gasteiger partial charge in [-0.2, -0.15) is 0 Å². The predicted molar refractivity (Wildman–Crippen MR) is 56.4 cm³/mol. The van der Waals surface area contributed by atoms with Gasteiger partial charge in [-0.15, -0.1) is 0 Å². The molecule has 2 aromatic rings. The van der Waals surface area contributed by atoms with E-state index in [2.05, 4.69) is 27.1 Å². The van der Waals surface area contributed by atoms with Crippen LogP contribution in [0.15, 0.2) is 22.9 Å². The van der Waals surface area contributed by atoms with Crippen molar-refractivity contribution in [2.75, 3.05) is 6.54 Å². The molecular weight excluding hydrogens is 190 g/mol. The van der Waals surface area contributed by atoms with Crippen LogP contribution in [0.4, 0.5) is 0 Å². The molecule has 3 rings (SSSR count). The first-order valence-corrected chi connectivity index (χ1v) is 5.15. The summed E-state index contributed by atoms with van der Waals surface area (Å²) >= 11 is 0. The molecule has 15 heavy (non-hydrogen) atoms. The maximum Gasteiger partial charge on any atom is 0.227 e. The van der Waals surface area contributed by atoms with Crippen LogP contribution in [0.25, 0.3) is 11.5 Å². The van der Waals surface area contributed by atoms with Gasteiger partial charge in [-0.25, -0.2) is 4.98 Å². The van der Waals surface area contributed by atoms with Crippen molar-refractivity contribution < 1.29 is 4.42 Å². The molecule has 0 atom stereocenters. The van der Waals surface area contributed by atoms with Gasteiger partial charge in [0.2, 0.25) is 5.89 Å². The average Bonchev–Trinajstić information content (AvgIpc) is 2.82. The van der Waals surface area contributed by atoms with Crippen molar-refractivity contribution in [2.24, 2.45) is 0 Å². The first kappa shape index (κ1) is 8.73. The van der Waals surface area contributed by atoms with Gasteiger partial charge in [0.1, 0.15) is 5.76 Å². The molecule has 3 heterocycles. The Bertz CT molecular complexity index is 460. The molecule has 0 aromatic carbocycles. The number of nitrogens with one attached hydrogen (secondary N) is 1. The van der Waals surface area contributed by atoms with Gasteiger partial charge in [0.05, 0.1) is 11.8 Å². The lowest BCUT2D eigenvalue weighted by molar-refractivity contribution is 0.516. The normalized spacial score (nSPS) is 15.3. The molecule has 0 amide bonds. The summed E-state index contributed by atoms with van der Waals surface area (Å²) in [6.07, 6.45) is 3.87. The van der Waals surface area contributed by atoms with E-state index in [1.165, 1.54) is 5.69 Å². The van der Waals surface area contributed by atoms with E-state index in [9.17, 15) is 0 Å². The van der Waals surface area contributed by atoms with E-state index in [0.29, 0.717) is 0 Å². The molecule has 0 bridgehead atoms. The monoisotopic (exact) mass is 203 g/mol. The number of hydrogen-bond donors (Lipinski definition) is 1. The third-order valence-electron chi connectivity index (χ3n) is 2.69. The summed E-state index contributed by atoms with van der Waals surface area (Å²) in [4.78, 5) is 4.23. The van der Waals surface area contributed by atoms with E-state index in [1.807, 2.05) is 6.92 Å². The summed E-state index contributed by atoms with van der Waals surface area (Å²) in [7, 11) is 0. The van der Waals surface area contributed by atoms with Gasteiger partial charge < -0.3 is 14.3 Å². The zero-order valence-electron chi connectivity index (χ0n) is 8.66. The largest absolute Gasteiger partial charge is 0.441 e. The molecule has 1 N–H and O–H groups in total. The molecule has 4 nitrogen and oxygen atoms in total. The number of nitrogens with zero attached hydrogens (tertiary/aromatic N) is 2. The maximum atomic E-state index is 5.50. The van der Waals surface area contributed by atoms with E-state index in [4.69, 9.17) is 4.42 Å². The fourth-order valence-electron chi connectivity index (χ4n) is 1.93. The number of oxazole rings is 1. The fourth-order valence-corrected chi connectivity index (χ4v) is 1.93. The second kappa shape index (κ2) is 3.24. The lowest BCUT2D eigenvalue weighted by atomic mass is 10.3. The van der Waals surface area contributed by atoms with E-state index in [0.717, 1.165) is 36.8 Å². The highest BCUT2D eigenvalue weighted by Crippen LogP contribution is 2.22. The Morgan fingerprint density at radius 1 is 1.53 bits per heavy atom. The molecule has 0 saturated carbocycles. The molecule has 0 fully saturated rings. The summed E-state index contributed by atoms with van der Waals surface area (Å²) < 4.78 is 7.76. The van der Waals surface area contributed by atoms with Crippen molar-refractivity contribution in [3.63, 3.8) is 0 Å². The Morgan fingerprint density at radius 2 is 2.47 bits per heavy atom. The predicted octanol–water partition coefficient (Wildman–Crippen LogP) is 1.55. The maximum absolute atomic E-state index is 5.50. The third kappa shape index (κ3) is 1.47. The van der Waals surface area contributed by atoms with Crippen LogP contribution in [-0.4, -0.2) is 16.1 Å². The summed E-state index contributed by atoms with van der Waals surface area (Å²) in [5.41, 5.74) is 2.37. The van der Waals surface area contributed by atoms with Gasteiger partial charge in [-0.05, 0) is 13.0 Å². The SMILES string of the molecule is Cc1cnc(-c2cc3n(c2)CCNC3)o1. The van der Waals surface area contributed by atoms with Crippen LogP contribution in [0, 0.1) is 6.92 Å². The Hall–Kier alpha value is -1.55. The Balaban J connectivity index is 2.02. The van der Waals surface area contributed by atoms with Crippen LogP contribution < -0.4 is 5.32 Å². The zero-order valence-corrected chi connectivity index (χ0v) is 8.66. The molecule has 0 aliphatic carbocycles. The summed E-state index contributed by atoms with van der Waals surface area (Å²) in [5, 5.41) is 3.34. The summed E-state index contributed by atoms with van der Waals surface area (Å²) in [5.74, 6) is 1.57. The standard InChI is InChI=1S/C11H13N3O/c1-8-5-13-11(15-8)9-4-10-6-12-2-3-14(10)7-9/h4-5,7,12H,2-3,6H2,1H3. The van der Waals surface area contributed by atoms with Gasteiger partial charge in [-0.3, -0.25) is 0 Å². The average molecular weight is 203 g/mol. The number of fused-ring (bicyclic) bond motifs is 1. The van der Waals surface area contributed by atoms with Crippen LogP contribution in [-0.2, 0) is 13.1 Å². The Morgan fingerprint density at radius 3 is 3.20 bits per heavy atom. The van der Waals surface area contributed by atoms with E-state index >= 15 is 0 Å². The molecule has 78 valence electrons. The van der Waals surface area contributed by atoms with Gasteiger partial charge in [0.25, 0.3) is 0 Å². The Kier molecular flexibility index (Phi) is 1.89. The van der Waals surface area contributed by atoms with Crippen molar-refractivity contribution in [3.8, 4) is 11.5 Å². The lowest BCUT2D eigenvalue weighted by Crippen LogP contribution is -2.27. The minimum Gasteiger partial charge on any atom is -0.441 e. The summed E-state index contributed by atoms with van der Waals surface area (Å²) in [6, 6.07) is 2.14. The molecule has 4 heteroatoms. The third-order valence-corrected chi connectivity index (χ3v) is 2.69. The van der Waals surface area contributed by atoms with Crippen LogP contribution in [0.2, 0.25) is 0 Å². The smallest absolute Gasteiger partial charge is 0.227 e. The van der Waals surface area contributed by atoms with Gasteiger partial charge in [0.15, 0.2) is 0 Å². The molecule has 2 aromatic heterocycles. The molecule has 1 aliphatic rings. The topological polar surface area (TPSA) is 43.0 Å². The molecule has 0 unspecified atom stereocenters. The molecule has 0 saturated heterocycles. The fraction of sp³-hybridized carbons (Fsp3) is 0.364. The first-order valence-electron chi connectivity index (χ1n) is 5.15. The van der Waals surface area contributed by atoms with E-state index in [1.54, 1.807) is 6.20 Å². The van der Waals surface area contributed by atoms with Crippen LogP contribution in [0.1, 0.15) is 11.5 Å². The van der Waals surface area contributed by atoms with Crippen molar-refractivity contribution >= 4 is 0 Å². The van der Waals surface area contributed by atoms with Crippen LogP contribution in [0.5, 0.6) is 0 Å². The van der Waals surface area contributed by atoms with Crippen molar-refractivity contribution in [1.82, 2.24) is 14.9 Å². The summed E-state index contributed by atoms with van der Waals surface area (Å²) in [6.45, 7) is 4.90.